The topological polar surface area (TPSA) is 86.7 Å². The number of hydrogen-bond acceptors (Lipinski definition) is 3. The van der Waals surface area contributed by atoms with Crippen LogP contribution in [-0.4, -0.2) is 47.9 Å². The van der Waals surface area contributed by atoms with Crippen molar-refractivity contribution in [2.45, 2.75) is 51.4 Å². The minimum atomic E-state index is -0.865. The number of carboxylic acids is 1. The fourth-order valence-corrected chi connectivity index (χ4v) is 2.62. The van der Waals surface area contributed by atoms with Crippen molar-refractivity contribution in [3.8, 4) is 0 Å². The first-order valence-electron chi connectivity index (χ1n) is 7.71. The molecule has 0 aliphatic heterocycles. The Hall–Kier alpha value is -1.59. The fraction of sp³-hybridized carbons (Fsp3) is 0.800. The van der Waals surface area contributed by atoms with Crippen molar-refractivity contribution in [1.29, 1.82) is 0 Å². The third kappa shape index (κ3) is 7.68. The van der Waals surface area contributed by atoms with Crippen molar-refractivity contribution in [2.75, 3.05) is 20.1 Å². The highest BCUT2D eigenvalue weighted by Gasteiger charge is 2.16. The van der Waals surface area contributed by atoms with E-state index in [9.17, 15) is 14.4 Å². The molecule has 2 N–H and O–H groups in total. The smallest absolute Gasteiger partial charge is 0.303 e. The standard InChI is InChI=1S/C15H26N2O4/c1-17(10-4-7-15(20)21)14(19)11-16-13(18)9-8-12-5-2-3-6-12/h12H,2-11H2,1H3,(H,16,18)(H,20,21). The van der Waals surface area contributed by atoms with E-state index >= 15 is 0 Å². The molecule has 2 amide bonds. The van der Waals surface area contributed by atoms with E-state index in [-0.39, 0.29) is 24.8 Å². The second-order valence-corrected chi connectivity index (χ2v) is 5.78. The Balaban J connectivity index is 2.10. The Bertz CT molecular complexity index is 365. The van der Waals surface area contributed by atoms with Gasteiger partial charge in [-0.05, 0) is 18.8 Å². The van der Waals surface area contributed by atoms with Crippen LogP contribution >= 0.6 is 0 Å². The van der Waals surface area contributed by atoms with Crippen molar-refractivity contribution < 1.29 is 19.5 Å². The SMILES string of the molecule is CN(CCCC(=O)O)C(=O)CNC(=O)CCC1CCCC1. The van der Waals surface area contributed by atoms with Gasteiger partial charge in [-0.2, -0.15) is 0 Å². The highest BCUT2D eigenvalue weighted by molar-refractivity contribution is 5.84. The minimum absolute atomic E-state index is 0.00687. The molecule has 0 bridgehead atoms. The van der Waals surface area contributed by atoms with Crippen molar-refractivity contribution >= 4 is 17.8 Å². The normalized spacial score (nSPS) is 14.9. The van der Waals surface area contributed by atoms with E-state index in [1.165, 1.54) is 30.6 Å². The molecule has 0 spiro atoms. The summed E-state index contributed by atoms with van der Waals surface area (Å²) in [6.07, 6.45) is 6.85. The van der Waals surface area contributed by atoms with Gasteiger partial charge in [-0.1, -0.05) is 25.7 Å². The van der Waals surface area contributed by atoms with Gasteiger partial charge in [-0.25, -0.2) is 0 Å². The summed E-state index contributed by atoms with van der Waals surface area (Å²) in [5, 5.41) is 11.2. The summed E-state index contributed by atoms with van der Waals surface area (Å²) in [5.74, 6) is -0.454. The molecule has 120 valence electrons. The number of hydrogen-bond donors (Lipinski definition) is 2. The molecule has 1 saturated carbocycles. The van der Waals surface area contributed by atoms with Crippen LogP contribution in [0, 0.1) is 5.92 Å². The molecule has 21 heavy (non-hydrogen) atoms. The van der Waals surface area contributed by atoms with Gasteiger partial charge in [0, 0.05) is 26.4 Å². The first-order chi connectivity index (χ1) is 9.99. The molecule has 0 atom stereocenters. The zero-order valence-electron chi connectivity index (χ0n) is 12.8. The van der Waals surface area contributed by atoms with E-state index in [0.29, 0.717) is 25.3 Å². The second kappa shape index (κ2) is 9.37. The molecule has 0 aromatic rings. The van der Waals surface area contributed by atoms with Crippen LogP contribution < -0.4 is 5.32 Å². The van der Waals surface area contributed by atoms with E-state index in [1.807, 2.05) is 0 Å². The molecule has 0 unspecified atom stereocenters. The number of nitrogens with one attached hydrogen (secondary N) is 1. The molecule has 1 aliphatic carbocycles. The van der Waals surface area contributed by atoms with Gasteiger partial charge >= 0.3 is 5.97 Å². The predicted molar refractivity (Wildman–Crippen MR) is 78.7 cm³/mol. The van der Waals surface area contributed by atoms with Crippen molar-refractivity contribution in [3.63, 3.8) is 0 Å². The Labute approximate surface area is 125 Å². The highest BCUT2D eigenvalue weighted by atomic mass is 16.4. The van der Waals surface area contributed by atoms with E-state index in [2.05, 4.69) is 5.32 Å². The van der Waals surface area contributed by atoms with Gasteiger partial charge < -0.3 is 15.3 Å². The maximum Gasteiger partial charge on any atom is 0.303 e. The van der Waals surface area contributed by atoms with Crippen LogP contribution in [0.2, 0.25) is 0 Å². The molecular weight excluding hydrogens is 272 g/mol. The van der Waals surface area contributed by atoms with Crippen LogP contribution in [0.25, 0.3) is 0 Å². The summed E-state index contributed by atoms with van der Waals surface area (Å²) < 4.78 is 0. The molecule has 0 aromatic heterocycles. The zero-order valence-corrected chi connectivity index (χ0v) is 12.8. The lowest BCUT2D eigenvalue weighted by atomic mass is 10.0. The number of aliphatic carboxylic acids is 1. The molecule has 0 saturated heterocycles. The lowest BCUT2D eigenvalue weighted by Gasteiger charge is -2.17. The van der Waals surface area contributed by atoms with Crippen LogP contribution in [0.1, 0.15) is 51.4 Å². The Kier molecular flexibility index (Phi) is 7.79. The van der Waals surface area contributed by atoms with Crippen LogP contribution in [0.5, 0.6) is 0 Å². The van der Waals surface area contributed by atoms with Gasteiger partial charge in [0.1, 0.15) is 0 Å². The molecule has 6 heteroatoms. The van der Waals surface area contributed by atoms with E-state index in [1.54, 1.807) is 7.05 Å². The van der Waals surface area contributed by atoms with Crippen LogP contribution in [0.4, 0.5) is 0 Å². The number of rotatable bonds is 9. The first kappa shape index (κ1) is 17.5. The molecule has 0 heterocycles. The summed E-state index contributed by atoms with van der Waals surface area (Å²) >= 11 is 0. The number of carbonyl (C=O) groups is 3. The molecule has 6 nitrogen and oxygen atoms in total. The Morgan fingerprint density at radius 1 is 1.19 bits per heavy atom. The number of likely N-dealkylation sites (N-methyl/N-ethyl adjacent to an activating group) is 1. The summed E-state index contributed by atoms with van der Waals surface area (Å²) in [6.45, 7) is 0.385. The Morgan fingerprint density at radius 3 is 2.48 bits per heavy atom. The molecule has 0 aromatic carbocycles. The molecule has 1 fully saturated rings. The molecule has 1 rings (SSSR count). The monoisotopic (exact) mass is 298 g/mol. The van der Waals surface area contributed by atoms with E-state index < -0.39 is 5.97 Å². The van der Waals surface area contributed by atoms with Gasteiger partial charge in [-0.3, -0.25) is 14.4 Å². The maximum absolute atomic E-state index is 11.7. The van der Waals surface area contributed by atoms with Crippen LogP contribution in [0.15, 0.2) is 0 Å². The average Bonchev–Trinajstić information content (AvgIpc) is 2.95. The highest BCUT2D eigenvalue weighted by Crippen LogP contribution is 2.28. The quantitative estimate of drug-likeness (QED) is 0.673. The zero-order chi connectivity index (χ0) is 15.7. The second-order valence-electron chi connectivity index (χ2n) is 5.78. The lowest BCUT2D eigenvalue weighted by Crippen LogP contribution is -2.38. The van der Waals surface area contributed by atoms with E-state index in [4.69, 9.17) is 5.11 Å². The van der Waals surface area contributed by atoms with Gasteiger partial charge in [0.15, 0.2) is 0 Å². The van der Waals surface area contributed by atoms with Crippen molar-refractivity contribution in [2.24, 2.45) is 5.92 Å². The van der Waals surface area contributed by atoms with E-state index in [0.717, 1.165) is 6.42 Å². The summed E-state index contributed by atoms with van der Waals surface area (Å²) in [5.41, 5.74) is 0. The lowest BCUT2D eigenvalue weighted by molar-refractivity contribution is -0.137. The summed E-state index contributed by atoms with van der Waals surface area (Å²) in [6, 6.07) is 0. The number of nitrogens with zero attached hydrogens (tertiary/aromatic N) is 1. The number of carbonyl (C=O) groups excluding carboxylic acids is 2. The number of amides is 2. The summed E-state index contributed by atoms with van der Waals surface area (Å²) in [7, 11) is 1.62. The summed E-state index contributed by atoms with van der Waals surface area (Å²) in [4.78, 5) is 35.3. The van der Waals surface area contributed by atoms with Crippen LogP contribution in [-0.2, 0) is 14.4 Å². The fourth-order valence-electron chi connectivity index (χ4n) is 2.62. The molecule has 1 aliphatic rings. The largest absolute Gasteiger partial charge is 0.481 e. The average molecular weight is 298 g/mol. The van der Waals surface area contributed by atoms with Gasteiger partial charge in [0.05, 0.1) is 6.54 Å². The first-order valence-corrected chi connectivity index (χ1v) is 7.71. The van der Waals surface area contributed by atoms with Crippen LogP contribution in [0.3, 0.4) is 0 Å². The predicted octanol–water partition coefficient (Wildman–Crippen LogP) is 1.40. The van der Waals surface area contributed by atoms with Gasteiger partial charge in [0.25, 0.3) is 0 Å². The van der Waals surface area contributed by atoms with Gasteiger partial charge in [0.2, 0.25) is 11.8 Å². The maximum atomic E-state index is 11.7. The molecule has 0 radical (unpaired) electrons. The van der Waals surface area contributed by atoms with Crippen molar-refractivity contribution in [1.82, 2.24) is 10.2 Å². The Morgan fingerprint density at radius 2 is 1.86 bits per heavy atom. The van der Waals surface area contributed by atoms with Gasteiger partial charge in [-0.15, -0.1) is 0 Å². The minimum Gasteiger partial charge on any atom is -0.481 e. The molecular formula is C15H26N2O4. The third-order valence-corrected chi connectivity index (χ3v) is 4.00. The number of carboxylic acid groups (broad SMARTS) is 1. The third-order valence-electron chi connectivity index (χ3n) is 4.00. The van der Waals surface area contributed by atoms with Crippen molar-refractivity contribution in [3.05, 3.63) is 0 Å².